The molecule has 4 heteroatoms. The van der Waals surface area contributed by atoms with Gasteiger partial charge in [-0.05, 0) is 33.6 Å². The van der Waals surface area contributed by atoms with Crippen LogP contribution >= 0.6 is 0 Å². The molecule has 0 aromatic heterocycles. The first kappa shape index (κ1) is 15.4. The van der Waals surface area contributed by atoms with E-state index in [9.17, 15) is 4.79 Å². The molecule has 0 aromatic carbocycles. The summed E-state index contributed by atoms with van der Waals surface area (Å²) in [7, 11) is 0. The number of amides is 1. The van der Waals surface area contributed by atoms with E-state index in [2.05, 4.69) is 5.32 Å². The molecule has 1 amide bonds. The van der Waals surface area contributed by atoms with Gasteiger partial charge < -0.3 is 15.0 Å². The van der Waals surface area contributed by atoms with Crippen LogP contribution < -0.4 is 5.32 Å². The van der Waals surface area contributed by atoms with Gasteiger partial charge in [-0.3, -0.25) is 4.79 Å². The Hall–Kier alpha value is -0.610. The van der Waals surface area contributed by atoms with Crippen LogP contribution in [-0.2, 0) is 9.53 Å². The lowest BCUT2D eigenvalue weighted by Crippen LogP contribution is -2.47. The molecule has 0 bridgehead atoms. The van der Waals surface area contributed by atoms with Crippen molar-refractivity contribution in [1.82, 2.24) is 10.2 Å². The summed E-state index contributed by atoms with van der Waals surface area (Å²) < 4.78 is 5.45. The summed E-state index contributed by atoms with van der Waals surface area (Å²) in [5.74, 6) is 0.237. The van der Waals surface area contributed by atoms with Crippen molar-refractivity contribution in [2.24, 2.45) is 0 Å². The van der Waals surface area contributed by atoms with Gasteiger partial charge in [0.15, 0.2) is 0 Å². The maximum Gasteiger partial charge on any atom is 0.239 e. The summed E-state index contributed by atoms with van der Waals surface area (Å²) in [5.41, 5.74) is 0. The highest BCUT2D eigenvalue weighted by Crippen LogP contribution is 2.10. The standard InChI is InChI=1S/C14H28N2O2/c1-4-18-12(2)11-15-13(3)14(17)16-9-7-5-6-8-10-16/h12-13,15H,4-11H2,1-3H3. The van der Waals surface area contributed by atoms with Crippen LogP contribution in [0.2, 0.25) is 0 Å². The van der Waals surface area contributed by atoms with Gasteiger partial charge in [-0.25, -0.2) is 0 Å². The minimum absolute atomic E-state index is 0.106. The van der Waals surface area contributed by atoms with E-state index in [1.807, 2.05) is 25.7 Å². The molecule has 4 nitrogen and oxygen atoms in total. The lowest BCUT2D eigenvalue weighted by molar-refractivity contribution is -0.133. The van der Waals surface area contributed by atoms with Crippen LogP contribution in [0.1, 0.15) is 46.5 Å². The summed E-state index contributed by atoms with van der Waals surface area (Å²) >= 11 is 0. The zero-order valence-electron chi connectivity index (χ0n) is 12.1. The maximum absolute atomic E-state index is 12.2. The Labute approximate surface area is 111 Å². The third-order valence-corrected chi connectivity index (χ3v) is 3.45. The quantitative estimate of drug-likeness (QED) is 0.788. The predicted octanol–water partition coefficient (Wildman–Crippen LogP) is 1.79. The number of carbonyl (C=O) groups excluding carboxylic acids is 1. The van der Waals surface area contributed by atoms with E-state index in [1.165, 1.54) is 12.8 Å². The van der Waals surface area contributed by atoms with Gasteiger partial charge in [0.05, 0.1) is 12.1 Å². The Morgan fingerprint density at radius 1 is 1.22 bits per heavy atom. The lowest BCUT2D eigenvalue weighted by atomic mass is 10.2. The Bertz CT molecular complexity index is 238. The number of nitrogens with one attached hydrogen (secondary N) is 1. The van der Waals surface area contributed by atoms with Crippen LogP contribution in [0.15, 0.2) is 0 Å². The second-order valence-corrected chi connectivity index (χ2v) is 5.14. The monoisotopic (exact) mass is 256 g/mol. The van der Waals surface area contributed by atoms with Crippen molar-refractivity contribution < 1.29 is 9.53 Å². The average Bonchev–Trinajstić information content (AvgIpc) is 2.64. The molecule has 1 fully saturated rings. The van der Waals surface area contributed by atoms with Crippen molar-refractivity contribution in [3.8, 4) is 0 Å². The molecular formula is C14H28N2O2. The second kappa shape index (κ2) is 8.48. The molecule has 18 heavy (non-hydrogen) atoms. The van der Waals surface area contributed by atoms with Gasteiger partial charge in [0, 0.05) is 26.2 Å². The van der Waals surface area contributed by atoms with E-state index >= 15 is 0 Å². The lowest BCUT2D eigenvalue weighted by Gasteiger charge is -2.25. The minimum Gasteiger partial charge on any atom is -0.377 e. The fraction of sp³-hybridized carbons (Fsp3) is 0.929. The van der Waals surface area contributed by atoms with E-state index < -0.39 is 0 Å². The van der Waals surface area contributed by atoms with Crippen LogP contribution in [0.4, 0.5) is 0 Å². The predicted molar refractivity (Wildman–Crippen MR) is 73.6 cm³/mol. The summed E-state index contributed by atoms with van der Waals surface area (Å²) in [6.45, 7) is 9.26. The molecule has 1 rings (SSSR count). The molecular weight excluding hydrogens is 228 g/mol. The summed E-state index contributed by atoms with van der Waals surface area (Å²) in [5, 5.41) is 3.27. The molecule has 2 atom stereocenters. The van der Waals surface area contributed by atoms with Crippen LogP contribution in [0, 0.1) is 0 Å². The molecule has 106 valence electrons. The molecule has 1 aliphatic rings. The number of likely N-dealkylation sites (tertiary alicyclic amines) is 1. The Kier molecular flexibility index (Phi) is 7.28. The highest BCUT2D eigenvalue weighted by molar-refractivity contribution is 5.81. The normalized spacial score (nSPS) is 20.3. The van der Waals surface area contributed by atoms with Gasteiger partial charge in [-0.2, -0.15) is 0 Å². The number of hydrogen-bond acceptors (Lipinski definition) is 3. The van der Waals surface area contributed by atoms with E-state index in [-0.39, 0.29) is 18.1 Å². The molecule has 0 aromatic rings. The fourth-order valence-electron chi connectivity index (χ4n) is 2.34. The van der Waals surface area contributed by atoms with Gasteiger partial charge in [0.25, 0.3) is 0 Å². The SMILES string of the molecule is CCOC(C)CNC(C)C(=O)N1CCCCCC1. The molecule has 0 aliphatic carbocycles. The summed E-state index contributed by atoms with van der Waals surface area (Å²) in [6.07, 6.45) is 4.97. The van der Waals surface area contributed by atoms with Crippen molar-refractivity contribution in [3.05, 3.63) is 0 Å². The van der Waals surface area contributed by atoms with Gasteiger partial charge in [-0.15, -0.1) is 0 Å². The van der Waals surface area contributed by atoms with E-state index in [4.69, 9.17) is 4.74 Å². The van der Waals surface area contributed by atoms with Crippen LogP contribution in [-0.4, -0.2) is 49.2 Å². The topological polar surface area (TPSA) is 41.6 Å². The molecule has 2 unspecified atom stereocenters. The van der Waals surface area contributed by atoms with Crippen molar-refractivity contribution in [2.45, 2.75) is 58.6 Å². The average molecular weight is 256 g/mol. The van der Waals surface area contributed by atoms with E-state index in [1.54, 1.807) is 0 Å². The molecule has 1 heterocycles. The van der Waals surface area contributed by atoms with Gasteiger partial charge in [-0.1, -0.05) is 12.8 Å². The van der Waals surface area contributed by atoms with Crippen LogP contribution in [0.25, 0.3) is 0 Å². The van der Waals surface area contributed by atoms with Crippen molar-refractivity contribution in [1.29, 1.82) is 0 Å². The number of carbonyl (C=O) groups is 1. The minimum atomic E-state index is -0.106. The number of rotatable bonds is 6. The number of hydrogen-bond donors (Lipinski definition) is 1. The highest BCUT2D eigenvalue weighted by atomic mass is 16.5. The third kappa shape index (κ3) is 5.36. The summed E-state index contributed by atoms with van der Waals surface area (Å²) in [6, 6.07) is -0.106. The zero-order valence-corrected chi connectivity index (χ0v) is 12.1. The second-order valence-electron chi connectivity index (χ2n) is 5.14. The van der Waals surface area contributed by atoms with E-state index in [0.29, 0.717) is 0 Å². The maximum atomic E-state index is 12.2. The summed E-state index contributed by atoms with van der Waals surface area (Å²) in [4.78, 5) is 14.3. The van der Waals surface area contributed by atoms with Crippen molar-refractivity contribution in [2.75, 3.05) is 26.2 Å². The highest BCUT2D eigenvalue weighted by Gasteiger charge is 2.21. The van der Waals surface area contributed by atoms with Crippen molar-refractivity contribution >= 4 is 5.91 Å². The first-order chi connectivity index (χ1) is 8.65. The first-order valence-electron chi connectivity index (χ1n) is 7.29. The fourth-order valence-corrected chi connectivity index (χ4v) is 2.34. The Morgan fingerprint density at radius 3 is 2.39 bits per heavy atom. The number of ether oxygens (including phenoxy) is 1. The van der Waals surface area contributed by atoms with Crippen LogP contribution in [0.3, 0.4) is 0 Å². The first-order valence-corrected chi connectivity index (χ1v) is 7.29. The van der Waals surface area contributed by atoms with Gasteiger partial charge in [0.2, 0.25) is 5.91 Å². The molecule has 1 saturated heterocycles. The van der Waals surface area contributed by atoms with Crippen LogP contribution in [0.5, 0.6) is 0 Å². The Morgan fingerprint density at radius 2 is 1.83 bits per heavy atom. The largest absolute Gasteiger partial charge is 0.377 e. The third-order valence-electron chi connectivity index (χ3n) is 3.45. The Balaban J connectivity index is 2.30. The van der Waals surface area contributed by atoms with Gasteiger partial charge >= 0.3 is 0 Å². The molecule has 1 N–H and O–H groups in total. The van der Waals surface area contributed by atoms with Gasteiger partial charge in [0.1, 0.15) is 0 Å². The smallest absolute Gasteiger partial charge is 0.239 e. The van der Waals surface area contributed by atoms with Crippen molar-refractivity contribution in [3.63, 3.8) is 0 Å². The number of nitrogens with zero attached hydrogens (tertiary/aromatic N) is 1. The molecule has 0 saturated carbocycles. The van der Waals surface area contributed by atoms with E-state index in [0.717, 1.165) is 39.1 Å². The zero-order chi connectivity index (χ0) is 13.4. The molecule has 1 aliphatic heterocycles. The molecule has 0 radical (unpaired) electrons. The molecule has 0 spiro atoms.